The van der Waals surface area contributed by atoms with Crippen LogP contribution in [0, 0.1) is 6.92 Å². The second-order valence-corrected chi connectivity index (χ2v) is 11.0. The maximum Gasteiger partial charge on any atom is 0.243 e. The predicted octanol–water partition coefficient (Wildman–Crippen LogP) is 4.01. The molecule has 0 aliphatic carbocycles. The van der Waals surface area contributed by atoms with Crippen molar-refractivity contribution in [1.29, 1.82) is 0 Å². The Morgan fingerprint density at radius 1 is 1.13 bits per heavy atom. The monoisotopic (exact) mass is 447 g/mol. The summed E-state index contributed by atoms with van der Waals surface area (Å²) in [6, 6.07) is 9.43. The summed E-state index contributed by atoms with van der Waals surface area (Å²) in [4.78, 5) is 16.4. The van der Waals surface area contributed by atoms with Crippen LogP contribution in [0.5, 0.6) is 0 Å². The first-order valence-corrected chi connectivity index (χ1v) is 13.0. The zero-order valence-electron chi connectivity index (χ0n) is 17.3. The van der Waals surface area contributed by atoms with Gasteiger partial charge in [0, 0.05) is 30.2 Å². The Kier molecular flexibility index (Phi) is 6.46. The molecule has 2 aliphatic heterocycles. The number of likely N-dealkylation sites (tertiary alicyclic amines) is 1. The second kappa shape index (κ2) is 9.08. The summed E-state index contributed by atoms with van der Waals surface area (Å²) in [7, 11) is -3.49. The van der Waals surface area contributed by atoms with E-state index in [1.807, 2.05) is 29.3 Å². The molecule has 0 saturated carbocycles. The lowest BCUT2D eigenvalue weighted by molar-refractivity contribution is -0.130. The van der Waals surface area contributed by atoms with Gasteiger partial charge >= 0.3 is 0 Å². The third-order valence-electron chi connectivity index (χ3n) is 6.04. The Morgan fingerprint density at radius 3 is 2.67 bits per heavy atom. The van der Waals surface area contributed by atoms with Crippen molar-refractivity contribution in [2.75, 3.05) is 31.5 Å². The summed E-state index contributed by atoms with van der Waals surface area (Å²) in [5.74, 6) is 0.0505. The van der Waals surface area contributed by atoms with Crippen LogP contribution in [-0.4, -0.2) is 49.7 Å². The van der Waals surface area contributed by atoms with Crippen molar-refractivity contribution in [2.45, 2.75) is 50.0 Å². The molecule has 1 unspecified atom stereocenters. The van der Waals surface area contributed by atoms with E-state index in [0.717, 1.165) is 44.2 Å². The molecule has 4 rings (SSSR count). The maximum absolute atomic E-state index is 13.0. The highest BCUT2D eigenvalue weighted by molar-refractivity contribution is 7.89. The summed E-state index contributed by atoms with van der Waals surface area (Å²) >= 11 is 1.69. The fourth-order valence-electron chi connectivity index (χ4n) is 4.32. The van der Waals surface area contributed by atoms with Gasteiger partial charge in [0.1, 0.15) is 0 Å². The maximum atomic E-state index is 13.0. The topological polar surface area (TPSA) is 69.7 Å². The fourth-order valence-corrected chi connectivity index (χ4v) is 6.74. The van der Waals surface area contributed by atoms with Crippen molar-refractivity contribution in [2.24, 2.45) is 0 Å². The number of hydrogen-bond donors (Lipinski definition) is 1. The summed E-state index contributed by atoms with van der Waals surface area (Å²) < 4.78 is 27.6. The molecule has 1 amide bonds. The Labute approximate surface area is 182 Å². The number of carbonyl (C=O) groups is 1. The summed E-state index contributed by atoms with van der Waals surface area (Å²) in [6.45, 7) is 4.02. The molecule has 0 spiro atoms. The first kappa shape index (κ1) is 21.3. The van der Waals surface area contributed by atoms with Crippen molar-refractivity contribution in [1.82, 2.24) is 9.21 Å². The van der Waals surface area contributed by atoms with E-state index in [9.17, 15) is 13.2 Å². The van der Waals surface area contributed by atoms with Crippen LogP contribution in [0.1, 0.15) is 48.6 Å². The predicted molar refractivity (Wildman–Crippen MR) is 120 cm³/mol. The zero-order valence-corrected chi connectivity index (χ0v) is 19.0. The minimum Gasteiger partial charge on any atom is -0.376 e. The molecule has 1 aromatic carbocycles. The average molecular weight is 448 g/mol. The number of carbonyl (C=O) groups excluding carboxylic acids is 1. The van der Waals surface area contributed by atoms with Crippen molar-refractivity contribution >= 4 is 33.0 Å². The largest absolute Gasteiger partial charge is 0.376 e. The van der Waals surface area contributed by atoms with Crippen LogP contribution >= 0.6 is 11.3 Å². The lowest BCUT2D eigenvalue weighted by Crippen LogP contribution is -2.36. The fraction of sp³-hybridized carbons (Fsp3) is 0.500. The van der Waals surface area contributed by atoms with Crippen LogP contribution in [0.4, 0.5) is 5.69 Å². The van der Waals surface area contributed by atoms with Crippen LogP contribution in [-0.2, 0) is 14.8 Å². The van der Waals surface area contributed by atoms with E-state index in [1.54, 1.807) is 27.8 Å². The normalized spacial score (nSPS) is 20.4. The summed E-state index contributed by atoms with van der Waals surface area (Å²) in [5.41, 5.74) is 1.63. The number of nitrogens with zero attached hydrogens (tertiary/aromatic N) is 2. The second-order valence-electron chi connectivity index (χ2n) is 8.06. The van der Waals surface area contributed by atoms with Gasteiger partial charge in [-0.2, -0.15) is 4.31 Å². The van der Waals surface area contributed by atoms with E-state index in [-0.39, 0.29) is 18.5 Å². The van der Waals surface area contributed by atoms with Crippen molar-refractivity contribution in [3.05, 3.63) is 46.2 Å². The molecule has 3 heterocycles. The van der Waals surface area contributed by atoms with E-state index in [4.69, 9.17) is 0 Å². The molecular formula is C22H29N3O3S2. The van der Waals surface area contributed by atoms with Gasteiger partial charge in [0.25, 0.3) is 0 Å². The molecule has 0 radical (unpaired) electrons. The number of piperidine rings is 1. The quantitative estimate of drug-likeness (QED) is 0.727. The SMILES string of the molecule is Cc1ccc(S(=O)(=O)N2CCCCC2)cc1NCC(=O)N1CCCC1c1cccs1. The highest BCUT2D eigenvalue weighted by Gasteiger charge is 2.30. The van der Waals surface area contributed by atoms with Gasteiger partial charge in [0.2, 0.25) is 15.9 Å². The average Bonchev–Trinajstić information content (AvgIpc) is 3.45. The molecule has 1 N–H and O–H groups in total. The number of sulfonamides is 1. The standard InChI is InChI=1S/C22H29N3O3S2/c1-17-9-10-18(30(27,28)24-11-3-2-4-12-24)15-19(17)23-16-22(26)25-13-5-7-20(25)21-8-6-14-29-21/h6,8-10,14-15,20,23H,2-5,7,11-13,16H2,1H3. The van der Waals surface area contributed by atoms with Gasteiger partial charge in [0.05, 0.1) is 17.5 Å². The van der Waals surface area contributed by atoms with Crippen LogP contribution < -0.4 is 5.32 Å². The number of nitrogens with one attached hydrogen (secondary N) is 1. The van der Waals surface area contributed by atoms with E-state index in [2.05, 4.69) is 11.4 Å². The Morgan fingerprint density at radius 2 is 1.93 bits per heavy atom. The van der Waals surface area contributed by atoms with Crippen molar-refractivity contribution in [3.63, 3.8) is 0 Å². The molecule has 1 atom stereocenters. The molecule has 162 valence electrons. The highest BCUT2D eigenvalue weighted by atomic mass is 32.2. The van der Waals surface area contributed by atoms with Gasteiger partial charge in [-0.25, -0.2) is 8.42 Å². The van der Waals surface area contributed by atoms with Gasteiger partial charge in [-0.15, -0.1) is 11.3 Å². The van der Waals surface area contributed by atoms with E-state index in [1.165, 1.54) is 4.88 Å². The molecular weight excluding hydrogens is 418 g/mol. The third kappa shape index (κ3) is 4.40. The van der Waals surface area contributed by atoms with Gasteiger partial charge in [-0.05, 0) is 61.7 Å². The molecule has 2 aliphatic rings. The van der Waals surface area contributed by atoms with E-state index in [0.29, 0.717) is 23.7 Å². The lowest BCUT2D eigenvalue weighted by atomic mass is 10.2. The van der Waals surface area contributed by atoms with Crippen molar-refractivity contribution in [3.8, 4) is 0 Å². The first-order chi connectivity index (χ1) is 14.5. The summed E-state index contributed by atoms with van der Waals surface area (Å²) in [6.07, 6.45) is 4.90. The minimum atomic E-state index is -3.49. The molecule has 8 heteroatoms. The highest BCUT2D eigenvalue weighted by Crippen LogP contribution is 2.34. The third-order valence-corrected chi connectivity index (χ3v) is 8.90. The summed E-state index contributed by atoms with van der Waals surface area (Å²) in [5, 5.41) is 5.25. The number of amides is 1. The molecule has 2 saturated heterocycles. The van der Waals surface area contributed by atoms with Crippen LogP contribution in [0.3, 0.4) is 0 Å². The Bertz CT molecular complexity index is 983. The number of benzene rings is 1. The first-order valence-electron chi connectivity index (χ1n) is 10.6. The number of anilines is 1. The van der Waals surface area contributed by atoms with Gasteiger partial charge in [-0.1, -0.05) is 18.6 Å². The van der Waals surface area contributed by atoms with Crippen LogP contribution in [0.15, 0.2) is 40.6 Å². The number of aryl methyl sites for hydroxylation is 1. The minimum absolute atomic E-state index is 0.0505. The number of rotatable bonds is 6. The van der Waals surface area contributed by atoms with E-state index >= 15 is 0 Å². The molecule has 0 bridgehead atoms. The van der Waals surface area contributed by atoms with E-state index < -0.39 is 10.0 Å². The molecule has 1 aromatic heterocycles. The van der Waals surface area contributed by atoms with Crippen LogP contribution in [0.25, 0.3) is 0 Å². The lowest BCUT2D eigenvalue weighted by Gasteiger charge is -2.26. The van der Waals surface area contributed by atoms with Gasteiger partial charge in [-0.3, -0.25) is 4.79 Å². The van der Waals surface area contributed by atoms with Gasteiger partial charge in [0.15, 0.2) is 0 Å². The van der Waals surface area contributed by atoms with Crippen LogP contribution in [0.2, 0.25) is 0 Å². The molecule has 30 heavy (non-hydrogen) atoms. The molecule has 2 aromatic rings. The number of hydrogen-bond acceptors (Lipinski definition) is 5. The Balaban J connectivity index is 1.46. The van der Waals surface area contributed by atoms with Crippen molar-refractivity contribution < 1.29 is 13.2 Å². The molecule has 6 nitrogen and oxygen atoms in total. The zero-order chi connectivity index (χ0) is 21.1. The Hall–Kier alpha value is -1.90. The molecule has 2 fully saturated rings. The van der Waals surface area contributed by atoms with Gasteiger partial charge < -0.3 is 10.2 Å². The number of thiophene rings is 1. The smallest absolute Gasteiger partial charge is 0.243 e.